The van der Waals surface area contributed by atoms with Crippen LogP contribution < -0.4 is 5.56 Å². The van der Waals surface area contributed by atoms with Crippen molar-refractivity contribution >= 4 is 17.2 Å². The molecule has 0 aliphatic carbocycles. The molecule has 1 atom stereocenters. The molecule has 0 saturated carbocycles. The normalized spacial score (nSPS) is 17.2. The van der Waals surface area contributed by atoms with E-state index in [2.05, 4.69) is 15.0 Å². The second kappa shape index (κ2) is 7.21. The molecule has 1 aliphatic heterocycles. The molecule has 0 radical (unpaired) electrons. The first-order chi connectivity index (χ1) is 12.7. The molecule has 0 aromatic carbocycles. The fourth-order valence-corrected chi connectivity index (χ4v) is 4.11. The molecule has 1 amide bonds. The Hall–Kier alpha value is -2.80. The third-order valence-corrected chi connectivity index (χ3v) is 5.51. The maximum Gasteiger partial charge on any atom is 0.261 e. The molecule has 3 aromatic rings. The van der Waals surface area contributed by atoms with E-state index in [1.165, 1.54) is 0 Å². The van der Waals surface area contributed by atoms with Crippen LogP contribution in [-0.2, 0) is 0 Å². The SMILES string of the molecule is O=C(c1ccc(-c2ccncc2)[nH]c1=O)N1CCCCC1c1nccs1. The maximum atomic E-state index is 13.0. The molecule has 1 N–H and O–H groups in total. The van der Waals surface area contributed by atoms with E-state index in [4.69, 9.17) is 0 Å². The highest BCUT2D eigenvalue weighted by molar-refractivity contribution is 7.09. The minimum atomic E-state index is -0.368. The number of aromatic amines is 1. The molecule has 3 aromatic heterocycles. The largest absolute Gasteiger partial charge is 0.329 e. The molecule has 1 saturated heterocycles. The van der Waals surface area contributed by atoms with E-state index in [9.17, 15) is 9.59 Å². The van der Waals surface area contributed by atoms with Crippen LogP contribution in [-0.4, -0.2) is 32.3 Å². The number of piperidine rings is 1. The van der Waals surface area contributed by atoms with E-state index in [0.29, 0.717) is 12.2 Å². The van der Waals surface area contributed by atoms with Crippen molar-refractivity contribution in [3.8, 4) is 11.3 Å². The van der Waals surface area contributed by atoms with Crippen molar-refractivity contribution in [3.05, 3.63) is 69.2 Å². The number of nitrogens with one attached hydrogen (secondary N) is 1. The number of H-pyrrole nitrogens is 1. The lowest BCUT2D eigenvalue weighted by Crippen LogP contribution is -2.40. The number of thiazole rings is 1. The molecule has 132 valence electrons. The van der Waals surface area contributed by atoms with Crippen molar-refractivity contribution in [3.63, 3.8) is 0 Å². The molecular weight excluding hydrogens is 348 g/mol. The van der Waals surface area contributed by atoms with Crippen molar-refractivity contribution in [2.75, 3.05) is 6.54 Å². The summed E-state index contributed by atoms with van der Waals surface area (Å²) in [4.78, 5) is 38.6. The van der Waals surface area contributed by atoms with E-state index in [0.717, 1.165) is 29.8 Å². The fraction of sp³-hybridized carbons (Fsp3) is 0.263. The summed E-state index contributed by atoms with van der Waals surface area (Å²) in [6.45, 7) is 0.647. The molecule has 6 nitrogen and oxygen atoms in total. The minimum absolute atomic E-state index is 0.0458. The van der Waals surface area contributed by atoms with Crippen LogP contribution in [0.4, 0.5) is 0 Å². The first-order valence-corrected chi connectivity index (χ1v) is 9.46. The molecule has 1 fully saturated rings. The van der Waals surface area contributed by atoms with Crippen molar-refractivity contribution in [1.29, 1.82) is 0 Å². The van der Waals surface area contributed by atoms with Gasteiger partial charge in [0.1, 0.15) is 10.6 Å². The van der Waals surface area contributed by atoms with Gasteiger partial charge in [-0.3, -0.25) is 14.6 Å². The van der Waals surface area contributed by atoms with Gasteiger partial charge in [0, 0.05) is 41.8 Å². The number of hydrogen-bond donors (Lipinski definition) is 1. The van der Waals surface area contributed by atoms with Crippen LogP contribution in [0.15, 0.2) is 53.0 Å². The summed E-state index contributed by atoms with van der Waals surface area (Å²) in [5, 5.41) is 2.85. The highest BCUT2D eigenvalue weighted by Crippen LogP contribution is 2.32. The number of carbonyl (C=O) groups excluding carboxylic acids is 1. The summed E-state index contributed by atoms with van der Waals surface area (Å²) >= 11 is 1.55. The van der Waals surface area contributed by atoms with Crippen LogP contribution in [0.1, 0.15) is 40.7 Å². The molecule has 1 unspecified atom stereocenters. The maximum absolute atomic E-state index is 13.0. The van der Waals surface area contributed by atoms with Crippen molar-refractivity contribution in [2.24, 2.45) is 0 Å². The first-order valence-electron chi connectivity index (χ1n) is 8.58. The molecule has 0 spiro atoms. The lowest BCUT2D eigenvalue weighted by Gasteiger charge is -2.34. The second-order valence-electron chi connectivity index (χ2n) is 6.23. The zero-order valence-electron chi connectivity index (χ0n) is 14.1. The number of carbonyl (C=O) groups is 1. The van der Waals surface area contributed by atoms with Gasteiger partial charge in [0.25, 0.3) is 11.5 Å². The Balaban J connectivity index is 1.64. The Morgan fingerprint density at radius 2 is 2.00 bits per heavy atom. The van der Waals surface area contributed by atoms with Crippen LogP contribution >= 0.6 is 11.3 Å². The van der Waals surface area contributed by atoms with Gasteiger partial charge in [-0.05, 0) is 43.5 Å². The number of aromatic nitrogens is 3. The summed E-state index contributed by atoms with van der Waals surface area (Å²) in [6.07, 6.45) is 7.98. The highest BCUT2D eigenvalue weighted by atomic mass is 32.1. The monoisotopic (exact) mass is 366 g/mol. The summed E-state index contributed by atoms with van der Waals surface area (Å²) in [7, 11) is 0. The lowest BCUT2D eigenvalue weighted by molar-refractivity contribution is 0.0609. The average Bonchev–Trinajstić information content (AvgIpc) is 3.23. The number of amides is 1. The Labute approximate surface area is 154 Å². The molecule has 4 heterocycles. The molecule has 0 bridgehead atoms. The summed E-state index contributed by atoms with van der Waals surface area (Å²) in [5.41, 5.74) is 1.33. The first kappa shape index (κ1) is 16.7. The Morgan fingerprint density at radius 3 is 2.73 bits per heavy atom. The number of hydrogen-bond acceptors (Lipinski definition) is 5. The van der Waals surface area contributed by atoms with E-state index >= 15 is 0 Å². The summed E-state index contributed by atoms with van der Waals surface area (Å²) < 4.78 is 0. The van der Waals surface area contributed by atoms with Crippen molar-refractivity contribution in [2.45, 2.75) is 25.3 Å². The summed E-state index contributed by atoms with van der Waals surface area (Å²) in [6, 6.07) is 6.97. The summed E-state index contributed by atoms with van der Waals surface area (Å²) in [5.74, 6) is -0.229. The third kappa shape index (κ3) is 3.17. The van der Waals surface area contributed by atoms with Gasteiger partial charge >= 0.3 is 0 Å². The topological polar surface area (TPSA) is 79.0 Å². The van der Waals surface area contributed by atoms with Gasteiger partial charge in [-0.2, -0.15) is 0 Å². The van der Waals surface area contributed by atoms with Gasteiger partial charge in [-0.15, -0.1) is 11.3 Å². The highest BCUT2D eigenvalue weighted by Gasteiger charge is 2.31. The number of likely N-dealkylation sites (tertiary alicyclic amines) is 1. The Kier molecular flexibility index (Phi) is 4.62. The fourth-order valence-electron chi connectivity index (χ4n) is 3.33. The predicted molar refractivity (Wildman–Crippen MR) is 100 cm³/mol. The van der Waals surface area contributed by atoms with Gasteiger partial charge in [-0.1, -0.05) is 0 Å². The van der Waals surface area contributed by atoms with Crippen molar-refractivity contribution in [1.82, 2.24) is 19.9 Å². The minimum Gasteiger partial charge on any atom is -0.329 e. The average molecular weight is 366 g/mol. The number of nitrogens with zero attached hydrogens (tertiary/aromatic N) is 3. The Bertz CT molecular complexity index is 953. The zero-order valence-corrected chi connectivity index (χ0v) is 14.9. The van der Waals surface area contributed by atoms with Gasteiger partial charge in [0.05, 0.1) is 6.04 Å². The quantitative estimate of drug-likeness (QED) is 0.772. The second-order valence-corrected chi connectivity index (χ2v) is 7.16. The molecule has 4 rings (SSSR count). The van der Waals surface area contributed by atoms with Crippen LogP contribution in [0, 0.1) is 0 Å². The van der Waals surface area contributed by atoms with Crippen LogP contribution in [0.5, 0.6) is 0 Å². The molecule has 1 aliphatic rings. The zero-order chi connectivity index (χ0) is 17.9. The van der Waals surface area contributed by atoms with Gasteiger partial charge < -0.3 is 9.88 Å². The molecule has 7 heteroatoms. The van der Waals surface area contributed by atoms with Crippen molar-refractivity contribution < 1.29 is 4.79 Å². The molecular formula is C19H18N4O2S. The number of pyridine rings is 2. The number of rotatable bonds is 3. The smallest absolute Gasteiger partial charge is 0.261 e. The van der Waals surface area contributed by atoms with E-state index in [-0.39, 0.29) is 23.1 Å². The van der Waals surface area contributed by atoms with Gasteiger partial charge in [0.15, 0.2) is 0 Å². The standard InChI is InChI=1S/C19H18N4O2S/c24-17-14(4-5-15(22-17)13-6-8-20-9-7-13)19(25)23-11-2-1-3-16(23)18-21-10-12-26-18/h4-10,12,16H,1-3,11H2,(H,22,24). The van der Waals surface area contributed by atoms with E-state index < -0.39 is 0 Å². The lowest BCUT2D eigenvalue weighted by atomic mass is 10.0. The van der Waals surface area contributed by atoms with Crippen LogP contribution in [0.2, 0.25) is 0 Å². The van der Waals surface area contributed by atoms with Gasteiger partial charge in [-0.25, -0.2) is 4.98 Å². The predicted octanol–water partition coefficient (Wildman–Crippen LogP) is 3.26. The van der Waals surface area contributed by atoms with Crippen LogP contribution in [0.3, 0.4) is 0 Å². The van der Waals surface area contributed by atoms with Crippen LogP contribution in [0.25, 0.3) is 11.3 Å². The molecule has 26 heavy (non-hydrogen) atoms. The van der Waals surface area contributed by atoms with E-state index in [1.54, 1.807) is 47.0 Å². The van der Waals surface area contributed by atoms with E-state index in [1.807, 2.05) is 17.5 Å². The third-order valence-electron chi connectivity index (χ3n) is 4.63. The van der Waals surface area contributed by atoms with Gasteiger partial charge in [0.2, 0.25) is 0 Å². The Morgan fingerprint density at radius 1 is 1.15 bits per heavy atom.